The second-order valence-corrected chi connectivity index (χ2v) is 7.12. The number of aromatic nitrogens is 1. The number of fused-ring (bicyclic) bond motifs is 2. The molecule has 2 aromatic carbocycles. The van der Waals surface area contributed by atoms with Crippen LogP contribution in [-0.4, -0.2) is 27.4 Å². The highest BCUT2D eigenvalue weighted by Crippen LogP contribution is 2.30. The smallest absolute Gasteiger partial charge is 0.255 e. The van der Waals surface area contributed by atoms with Crippen LogP contribution in [0.15, 0.2) is 42.5 Å². The summed E-state index contributed by atoms with van der Waals surface area (Å²) in [5.41, 5.74) is 6.54. The number of aliphatic hydroxyl groups excluding tert-OH is 1. The molecule has 0 saturated heterocycles. The molecule has 3 aromatic rings. The number of rotatable bonds is 1. The second-order valence-electron chi connectivity index (χ2n) is 7.12. The van der Waals surface area contributed by atoms with Crippen molar-refractivity contribution in [2.45, 2.75) is 33.4 Å². The lowest BCUT2D eigenvalue weighted by Crippen LogP contribution is -2.38. The van der Waals surface area contributed by atoms with Crippen molar-refractivity contribution in [3.63, 3.8) is 0 Å². The van der Waals surface area contributed by atoms with Crippen molar-refractivity contribution in [1.29, 1.82) is 0 Å². The average Bonchev–Trinajstić information content (AvgIpc) is 2.64. The first kappa shape index (κ1) is 16.7. The summed E-state index contributed by atoms with van der Waals surface area (Å²) in [5, 5.41) is 11.3. The van der Waals surface area contributed by atoms with E-state index in [1.807, 2.05) is 56.3 Å². The number of aliphatic hydroxyl groups is 1. The van der Waals surface area contributed by atoms with Gasteiger partial charge in [0.15, 0.2) is 0 Å². The molecule has 0 saturated carbocycles. The third-order valence-corrected chi connectivity index (χ3v) is 5.32. The number of carbonyl (C=O) groups excluding carboxylic acids is 1. The molecule has 0 aliphatic carbocycles. The Bertz CT molecular complexity index is 1030. The van der Waals surface area contributed by atoms with Gasteiger partial charge in [0.1, 0.15) is 0 Å². The molecule has 0 bridgehead atoms. The topological polar surface area (TPSA) is 53.4 Å². The monoisotopic (exact) mass is 346 g/mol. The van der Waals surface area contributed by atoms with Crippen molar-refractivity contribution in [1.82, 2.24) is 9.88 Å². The van der Waals surface area contributed by atoms with Crippen LogP contribution in [0.3, 0.4) is 0 Å². The molecule has 26 heavy (non-hydrogen) atoms. The van der Waals surface area contributed by atoms with Crippen molar-refractivity contribution in [3.05, 3.63) is 76.0 Å². The summed E-state index contributed by atoms with van der Waals surface area (Å²) < 4.78 is 0. The highest BCUT2D eigenvalue weighted by molar-refractivity contribution is 6.07. The van der Waals surface area contributed by atoms with Gasteiger partial charge in [-0.05, 0) is 49.1 Å². The summed E-state index contributed by atoms with van der Waals surface area (Å²) in [6.07, 6.45) is -0.651. The number of hydrogen-bond donors (Lipinski definition) is 1. The van der Waals surface area contributed by atoms with E-state index in [2.05, 4.69) is 11.9 Å². The Kier molecular flexibility index (Phi) is 4.00. The van der Waals surface area contributed by atoms with Crippen LogP contribution in [-0.2, 0) is 6.54 Å². The molecule has 2 heterocycles. The van der Waals surface area contributed by atoms with Crippen LogP contribution >= 0.6 is 0 Å². The van der Waals surface area contributed by atoms with Gasteiger partial charge in [0.2, 0.25) is 0 Å². The van der Waals surface area contributed by atoms with Gasteiger partial charge in [-0.2, -0.15) is 0 Å². The Morgan fingerprint density at radius 3 is 2.73 bits per heavy atom. The van der Waals surface area contributed by atoms with E-state index in [9.17, 15) is 9.90 Å². The molecule has 1 aliphatic rings. The first-order valence-electron chi connectivity index (χ1n) is 8.88. The molecule has 1 N–H and O–H groups in total. The number of benzene rings is 2. The molecule has 1 aromatic heterocycles. The fourth-order valence-electron chi connectivity index (χ4n) is 3.74. The highest BCUT2D eigenvalue weighted by atomic mass is 16.3. The van der Waals surface area contributed by atoms with E-state index in [-0.39, 0.29) is 5.91 Å². The van der Waals surface area contributed by atoms with Gasteiger partial charge in [-0.3, -0.25) is 9.78 Å². The summed E-state index contributed by atoms with van der Waals surface area (Å²) in [6, 6.07) is 13.6. The van der Waals surface area contributed by atoms with Crippen molar-refractivity contribution in [3.8, 4) is 0 Å². The minimum atomic E-state index is -0.651. The lowest BCUT2D eigenvalue weighted by Gasteiger charge is -2.32. The molecule has 1 unspecified atom stereocenters. The largest absolute Gasteiger partial charge is 0.387 e. The molecular weight excluding hydrogens is 324 g/mol. The fourth-order valence-corrected chi connectivity index (χ4v) is 3.74. The maximum absolute atomic E-state index is 13.3. The Morgan fingerprint density at radius 1 is 1.15 bits per heavy atom. The van der Waals surface area contributed by atoms with Gasteiger partial charge >= 0.3 is 0 Å². The average molecular weight is 346 g/mol. The number of β-amino-alcohol motifs (C(OH)–C–C–N with tert-alkyl or cyclic N) is 1. The van der Waals surface area contributed by atoms with Crippen molar-refractivity contribution in [2.24, 2.45) is 0 Å². The van der Waals surface area contributed by atoms with Crippen LogP contribution < -0.4 is 0 Å². The maximum atomic E-state index is 13.3. The molecule has 0 fully saturated rings. The molecule has 4 rings (SSSR count). The van der Waals surface area contributed by atoms with Crippen LogP contribution in [0.2, 0.25) is 0 Å². The standard InChI is InChI=1S/C22H22N2O2/c1-13-8-9-18-19(10-14(2)23-21(18)15(13)3)22(26)24-11-16-6-4-5-7-17(16)20(25)12-24/h4-10,20,25H,11-12H2,1-3H3. The zero-order valence-electron chi connectivity index (χ0n) is 15.3. The van der Waals surface area contributed by atoms with Crippen molar-refractivity contribution >= 4 is 16.8 Å². The highest BCUT2D eigenvalue weighted by Gasteiger charge is 2.28. The lowest BCUT2D eigenvalue weighted by molar-refractivity contribution is 0.0551. The summed E-state index contributed by atoms with van der Waals surface area (Å²) in [7, 11) is 0. The second kappa shape index (κ2) is 6.22. The molecule has 0 spiro atoms. The van der Waals surface area contributed by atoms with E-state index >= 15 is 0 Å². The van der Waals surface area contributed by atoms with Gasteiger partial charge in [0.05, 0.1) is 23.7 Å². The van der Waals surface area contributed by atoms with E-state index < -0.39 is 6.10 Å². The van der Waals surface area contributed by atoms with Crippen molar-refractivity contribution < 1.29 is 9.90 Å². The Balaban J connectivity index is 1.79. The van der Waals surface area contributed by atoms with Crippen LogP contribution in [0.25, 0.3) is 10.9 Å². The minimum absolute atomic E-state index is 0.0580. The summed E-state index contributed by atoms with van der Waals surface area (Å²) in [4.78, 5) is 19.7. The number of aryl methyl sites for hydroxylation is 3. The van der Waals surface area contributed by atoms with Crippen LogP contribution in [0, 0.1) is 20.8 Å². The molecular formula is C22H22N2O2. The normalized spacial score (nSPS) is 16.6. The predicted molar refractivity (Wildman–Crippen MR) is 102 cm³/mol. The van der Waals surface area contributed by atoms with E-state index in [1.54, 1.807) is 4.90 Å². The van der Waals surface area contributed by atoms with Crippen LogP contribution in [0.5, 0.6) is 0 Å². The maximum Gasteiger partial charge on any atom is 0.255 e. The molecule has 0 radical (unpaired) electrons. The number of amides is 1. The third-order valence-electron chi connectivity index (χ3n) is 5.32. The van der Waals surface area contributed by atoms with Gasteiger partial charge in [-0.1, -0.05) is 36.4 Å². The third kappa shape index (κ3) is 2.67. The number of hydrogen-bond acceptors (Lipinski definition) is 3. The lowest BCUT2D eigenvalue weighted by atomic mass is 9.96. The molecule has 132 valence electrons. The van der Waals surface area contributed by atoms with E-state index in [4.69, 9.17) is 0 Å². The fraction of sp³-hybridized carbons (Fsp3) is 0.273. The van der Waals surface area contributed by atoms with Gasteiger partial charge in [-0.15, -0.1) is 0 Å². The van der Waals surface area contributed by atoms with E-state index in [0.717, 1.165) is 38.9 Å². The number of pyridine rings is 1. The first-order chi connectivity index (χ1) is 12.5. The molecule has 1 aliphatic heterocycles. The van der Waals surface area contributed by atoms with Crippen LogP contribution in [0.4, 0.5) is 0 Å². The SMILES string of the molecule is Cc1cc(C(=O)N2Cc3ccccc3C(O)C2)c2ccc(C)c(C)c2n1. The Hall–Kier alpha value is -2.72. The number of carbonyl (C=O) groups is 1. The minimum Gasteiger partial charge on any atom is -0.387 e. The van der Waals surface area contributed by atoms with Gasteiger partial charge in [-0.25, -0.2) is 0 Å². The summed E-state index contributed by atoms with van der Waals surface area (Å²) >= 11 is 0. The van der Waals surface area contributed by atoms with E-state index in [1.165, 1.54) is 0 Å². The van der Waals surface area contributed by atoms with Gasteiger partial charge in [0, 0.05) is 17.6 Å². The van der Waals surface area contributed by atoms with E-state index in [0.29, 0.717) is 18.7 Å². The van der Waals surface area contributed by atoms with Gasteiger partial charge < -0.3 is 10.0 Å². The Morgan fingerprint density at radius 2 is 1.92 bits per heavy atom. The van der Waals surface area contributed by atoms with Crippen LogP contribution in [0.1, 0.15) is 44.4 Å². The molecule has 1 amide bonds. The predicted octanol–water partition coefficient (Wildman–Crippen LogP) is 3.85. The summed E-state index contributed by atoms with van der Waals surface area (Å²) in [5.74, 6) is -0.0580. The molecule has 4 heteroatoms. The molecule has 1 atom stereocenters. The first-order valence-corrected chi connectivity index (χ1v) is 8.88. The van der Waals surface area contributed by atoms with Crippen molar-refractivity contribution in [2.75, 3.05) is 6.54 Å². The number of nitrogens with zero attached hydrogens (tertiary/aromatic N) is 2. The quantitative estimate of drug-likeness (QED) is 0.728. The summed E-state index contributed by atoms with van der Waals surface area (Å²) in [6.45, 7) is 6.83. The zero-order chi connectivity index (χ0) is 18.4. The van der Waals surface area contributed by atoms with Gasteiger partial charge in [0.25, 0.3) is 5.91 Å². The Labute approximate surface area is 153 Å². The zero-order valence-corrected chi connectivity index (χ0v) is 15.3. The molecule has 4 nitrogen and oxygen atoms in total.